The van der Waals surface area contributed by atoms with Gasteiger partial charge in [-0.1, -0.05) is 30.3 Å². The monoisotopic (exact) mass is 215 g/mol. The Labute approximate surface area is 95.0 Å². The molecule has 0 unspecified atom stereocenters. The van der Waals surface area contributed by atoms with E-state index < -0.39 is 0 Å². The van der Waals surface area contributed by atoms with Gasteiger partial charge in [0.05, 0.1) is 19.1 Å². The average Bonchev–Trinajstić information content (AvgIpc) is 2.30. The van der Waals surface area contributed by atoms with Crippen molar-refractivity contribution in [1.82, 2.24) is 0 Å². The largest absolute Gasteiger partial charge is 0.466 e. The van der Waals surface area contributed by atoms with E-state index in [-0.39, 0.29) is 12.4 Å². The molecule has 1 aromatic carbocycles. The van der Waals surface area contributed by atoms with Crippen LogP contribution in [0.25, 0.3) is 5.57 Å². The average molecular weight is 215 g/mol. The second-order valence-corrected chi connectivity index (χ2v) is 3.15. The SMILES string of the molecule is CCOC(=O)CC(=CC#N)c1ccccc1. The maximum Gasteiger partial charge on any atom is 0.310 e. The lowest BCUT2D eigenvalue weighted by Crippen LogP contribution is -2.04. The number of hydrogen-bond donors (Lipinski definition) is 0. The second kappa shape index (κ2) is 6.41. The van der Waals surface area contributed by atoms with Gasteiger partial charge in [0.15, 0.2) is 0 Å². The van der Waals surface area contributed by atoms with Gasteiger partial charge >= 0.3 is 5.97 Å². The van der Waals surface area contributed by atoms with E-state index >= 15 is 0 Å². The molecule has 0 spiro atoms. The first-order chi connectivity index (χ1) is 7.77. The molecule has 0 amide bonds. The van der Waals surface area contributed by atoms with Crippen molar-refractivity contribution in [2.24, 2.45) is 0 Å². The molecule has 0 aliphatic carbocycles. The van der Waals surface area contributed by atoms with Crippen LogP contribution < -0.4 is 0 Å². The number of benzene rings is 1. The summed E-state index contributed by atoms with van der Waals surface area (Å²) in [4.78, 5) is 11.3. The topological polar surface area (TPSA) is 50.1 Å². The number of rotatable bonds is 4. The van der Waals surface area contributed by atoms with Crippen molar-refractivity contribution in [2.75, 3.05) is 6.61 Å². The van der Waals surface area contributed by atoms with Gasteiger partial charge in [-0.3, -0.25) is 4.79 Å². The fourth-order valence-electron chi connectivity index (χ4n) is 1.33. The van der Waals surface area contributed by atoms with E-state index in [0.29, 0.717) is 12.2 Å². The Bertz CT molecular complexity index is 415. The van der Waals surface area contributed by atoms with Crippen LogP contribution in [0.3, 0.4) is 0 Å². The summed E-state index contributed by atoms with van der Waals surface area (Å²) in [6.45, 7) is 2.11. The molecule has 0 heterocycles. The first-order valence-corrected chi connectivity index (χ1v) is 5.07. The maximum atomic E-state index is 11.3. The Morgan fingerprint density at radius 3 is 2.69 bits per heavy atom. The minimum Gasteiger partial charge on any atom is -0.466 e. The number of hydrogen-bond acceptors (Lipinski definition) is 3. The van der Waals surface area contributed by atoms with E-state index in [0.717, 1.165) is 5.56 Å². The summed E-state index contributed by atoms with van der Waals surface area (Å²) in [5, 5.41) is 8.66. The molecule has 82 valence electrons. The highest BCUT2D eigenvalue weighted by Gasteiger charge is 2.08. The van der Waals surface area contributed by atoms with E-state index in [4.69, 9.17) is 10.00 Å². The molecule has 0 saturated carbocycles. The zero-order chi connectivity index (χ0) is 11.8. The van der Waals surface area contributed by atoms with Crippen LogP contribution in [0.15, 0.2) is 36.4 Å². The zero-order valence-corrected chi connectivity index (χ0v) is 9.14. The zero-order valence-electron chi connectivity index (χ0n) is 9.14. The van der Waals surface area contributed by atoms with Gasteiger partial charge in [0.2, 0.25) is 0 Å². The molecule has 0 saturated heterocycles. The summed E-state index contributed by atoms with van der Waals surface area (Å²) >= 11 is 0. The highest BCUT2D eigenvalue weighted by Crippen LogP contribution is 2.18. The summed E-state index contributed by atoms with van der Waals surface area (Å²) in [7, 11) is 0. The molecule has 0 aliphatic rings. The van der Waals surface area contributed by atoms with E-state index in [9.17, 15) is 4.79 Å². The minimum atomic E-state index is -0.312. The normalized spacial score (nSPS) is 10.6. The van der Waals surface area contributed by atoms with Gasteiger partial charge in [-0.15, -0.1) is 0 Å². The molecule has 1 rings (SSSR count). The second-order valence-electron chi connectivity index (χ2n) is 3.15. The van der Waals surface area contributed by atoms with Crippen molar-refractivity contribution in [3.8, 4) is 6.07 Å². The predicted molar refractivity (Wildman–Crippen MR) is 61.3 cm³/mol. The van der Waals surface area contributed by atoms with E-state index in [1.165, 1.54) is 6.08 Å². The van der Waals surface area contributed by atoms with Crippen molar-refractivity contribution in [3.05, 3.63) is 42.0 Å². The van der Waals surface area contributed by atoms with Crippen LogP contribution >= 0.6 is 0 Å². The van der Waals surface area contributed by atoms with Crippen molar-refractivity contribution in [3.63, 3.8) is 0 Å². The molecular weight excluding hydrogens is 202 g/mol. The highest BCUT2D eigenvalue weighted by atomic mass is 16.5. The molecule has 0 radical (unpaired) electrons. The number of nitrogens with zero attached hydrogens (tertiary/aromatic N) is 1. The lowest BCUT2D eigenvalue weighted by atomic mass is 10.0. The van der Waals surface area contributed by atoms with Crippen LogP contribution in [-0.2, 0) is 9.53 Å². The van der Waals surface area contributed by atoms with Crippen LogP contribution in [0.4, 0.5) is 0 Å². The van der Waals surface area contributed by atoms with Gasteiger partial charge in [-0.25, -0.2) is 0 Å². The molecule has 0 fully saturated rings. The van der Waals surface area contributed by atoms with Gasteiger partial charge in [0.1, 0.15) is 0 Å². The summed E-state index contributed by atoms with van der Waals surface area (Å²) in [6.07, 6.45) is 1.51. The lowest BCUT2D eigenvalue weighted by Gasteiger charge is -2.05. The number of allylic oxidation sites excluding steroid dienone is 1. The van der Waals surface area contributed by atoms with Crippen LogP contribution in [0.1, 0.15) is 18.9 Å². The van der Waals surface area contributed by atoms with E-state index in [1.54, 1.807) is 6.92 Å². The number of nitriles is 1. The fourth-order valence-corrected chi connectivity index (χ4v) is 1.33. The Kier molecular flexibility index (Phi) is 4.81. The van der Waals surface area contributed by atoms with Crippen LogP contribution in [0.2, 0.25) is 0 Å². The minimum absolute atomic E-state index is 0.130. The van der Waals surface area contributed by atoms with Crippen molar-refractivity contribution in [1.29, 1.82) is 5.26 Å². The summed E-state index contributed by atoms with van der Waals surface area (Å²) in [5.74, 6) is -0.312. The highest BCUT2D eigenvalue weighted by molar-refractivity contribution is 5.85. The Balaban J connectivity index is 2.83. The maximum absolute atomic E-state index is 11.3. The van der Waals surface area contributed by atoms with Crippen molar-refractivity contribution in [2.45, 2.75) is 13.3 Å². The van der Waals surface area contributed by atoms with E-state index in [1.807, 2.05) is 36.4 Å². The van der Waals surface area contributed by atoms with Crippen molar-refractivity contribution >= 4 is 11.5 Å². The Hall–Kier alpha value is -2.08. The molecule has 0 atom stereocenters. The first kappa shape index (κ1) is 12.0. The molecule has 0 N–H and O–H groups in total. The van der Waals surface area contributed by atoms with Crippen LogP contribution in [0.5, 0.6) is 0 Å². The molecular formula is C13H13NO2. The van der Waals surface area contributed by atoms with Gasteiger partial charge in [0, 0.05) is 6.08 Å². The standard InChI is InChI=1S/C13H13NO2/c1-2-16-13(15)10-12(8-9-14)11-6-4-3-5-7-11/h3-8H,2,10H2,1H3. The lowest BCUT2D eigenvalue weighted by molar-refractivity contribution is -0.141. The van der Waals surface area contributed by atoms with Gasteiger partial charge in [0.25, 0.3) is 0 Å². The Morgan fingerprint density at radius 2 is 2.12 bits per heavy atom. The molecule has 3 nitrogen and oxygen atoms in total. The number of ether oxygens (including phenoxy) is 1. The molecule has 0 aromatic heterocycles. The third-order valence-electron chi connectivity index (χ3n) is 2.02. The molecule has 0 aliphatic heterocycles. The predicted octanol–water partition coefficient (Wildman–Crippen LogP) is 2.55. The molecule has 1 aromatic rings. The summed E-state index contributed by atoms with van der Waals surface area (Å²) in [6, 6.07) is 11.3. The molecule has 3 heteroatoms. The third-order valence-corrected chi connectivity index (χ3v) is 2.02. The first-order valence-electron chi connectivity index (χ1n) is 5.07. The number of esters is 1. The number of carbonyl (C=O) groups excluding carboxylic acids is 1. The van der Waals surface area contributed by atoms with Crippen LogP contribution in [0, 0.1) is 11.3 Å². The quantitative estimate of drug-likeness (QED) is 0.573. The third kappa shape index (κ3) is 3.58. The molecule has 16 heavy (non-hydrogen) atoms. The van der Waals surface area contributed by atoms with Gasteiger partial charge in [-0.05, 0) is 18.1 Å². The summed E-state index contributed by atoms with van der Waals surface area (Å²) in [5.41, 5.74) is 1.55. The van der Waals surface area contributed by atoms with E-state index in [2.05, 4.69) is 0 Å². The summed E-state index contributed by atoms with van der Waals surface area (Å²) < 4.78 is 4.85. The molecule has 0 bridgehead atoms. The smallest absolute Gasteiger partial charge is 0.310 e. The van der Waals surface area contributed by atoms with Crippen LogP contribution in [-0.4, -0.2) is 12.6 Å². The Morgan fingerprint density at radius 1 is 1.44 bits per heavy atom. The van der Waals surface area contributed by atoms with Gasteiger partial charge < -0.3 is 4.74 Å². The number of carbonyl (C=O) groups is 1. The fraction of sp³-hybridized carbons (Fsp3) is 0.231. The van der Waals surface area contributed by atoms with Crippen molar-refractivity contribution < 1.29 is 9.53 Å². The van der Waals surface area contributed by atoms with Gasteiger partial charge in [-0.2, -0.15) is 5.26 Å².